The van der Waals surface area contributed by atoms with E-state index in [0.29, 0.717) is 57.1 Å². The third-order valence-corrected chi connectivity index (χ3v) is 35.1. The lowest BCUT2D eigenvalue weighted by Gasteiger charge is -2.47. The van der Waals surface area contributed by atoms with Gasteiger partial charge in [-0.25, -0.2) is 4.79 Å². The number of rotatable bonds is 29. The lowest BCUT2D eigenvalue weighted by molar-refractivity contribution is -0.292. The molecule has 8 heterocycles. The Morgan fingerprint density at radius 3 is 2.10 bits per heavy atom. The maximum absolute atomic E-state index is 15.0. The van der Waals surface area contributed by atoms with E-state index in [9.17, 15) is 9.59 Å². The van der Waals surface area contributed by atoms with Crippen molar-refractivity contribution < 1.29 is 65.5 Å². The largest absolute Gasteiger partial charge is 0.458 e. The smallest absolute Gasteiger partial charge is 0.338 e. The number of hydrogen-bond acceptors (Lipinski definition) is 14. The van der Waals surface area contributed by atoms with E-state index in [1.807, 2.05) is 18.2 Å². The molecule has 8 saturated heterocycles. The quantitative estimate of drug-likeness (QED) is 0.0325. The van der Waals surface area contributed by atoms with Crippen LogP contribution < -0.4 is 0 Å². The molecular formula is C65H107BrO14Si3. The first kappa shape index (κ1) is 67.5. The van der Waals surface area contributed by atoms with Gasteiger partial charge in [0.05, 0.1) is 67.1 Å². The second kappa shape index (κ2) is 27.7. The van der Waals surface area contributed by atoms with Gasteiger partial charge < -0.3 is 55.9 Å². The first-order valence-corrected chi connectivity index (χ1v) is 41.1. The molecule has 6 bridgehead atoms. The van der Waals surface area contributed by atoms with Gasteiger partial charge >= 0.3 is 5.97 Å². The van der Waals surface area contributed by atoms with E-state index in [0.717, 1.165) is 60.5 Å². The molecular weight excluding hydrogens is 1170 g/mol. The molecule has 0 aliphatic carbocycles. The van der Waals surface area contributed by atoms with Crippen molar-refractivity contribution in [1.29, 1.82) is 0 Å². The van der Waals surface area contributed by atoms with Crippen LogP contribution in [0.4, 0.5) is 0 Å². The van der Waals surface area contributed by atoms with E-state index in [2.05, 4.69) is 125 Å². The summed E-state index contributed by atoms with van der Waals surface area (Å²) in [6, 6.07) is 12.5. The third-order valence-electron chi connectivity index (χ3n) is 21.1. The number of ether oxygens (including phenoxy) is 9. The van der Waals surface area contributed by atoms with Crippen molar-refractivity contribution in [3.05, 3.63) is 59.1 Å². The summed E-state index contributed by atoms with van der Waals surface area (Å²) in [5.74, 6) is -1.25. The summed E-state index contributed by atoms with van der Waals surface area (Å²) < 4.78 is 83.3. The van der Waals surface area contributed by atoms with E-state index >= 15 is 0 Å². The lowest BCUT2D eigenvalue weighted by atomic mass is 9.81. The molecule has 18 heteroatoms. The summed E-state index contributed by atoms with van der Waals surface area (Å²) >= 11 is 3.51. The van der Waals surface area contributed by atoms with Gasteiger partial charge in [-0.1, -0.05) is 117 Å². The molecule has 1 aromatic rings. The van der Waals surface area contributed by atoms with E-state index < -0.39 is 49.1 Å². The Bertz CT molecular complexity index is 2330. The molecule has 14 nitrogen and oxygen atoms in total. The van der Waals surface area contributed by atoms with Crippen LogP contribution in [0.5, 0.6) is 0 Å². The fourth-order valence-corrected chi connectivity index (χ4v) is 19.2. The van der Waals surface area contributed by atoms with Crippen molar-refractivity contribution in [1.82, 2.24) is 0 Å². The molecule has 3 unspecified atom stereocenters. The van der Waals surface area contributed by atoms with E-state index in [-0.39, 0.29) is 120 Å². The highest BCUT2D eigenvalue weighted by atomic mass is 79.9. The predicted octanol–water partition coefficient (Wildman–Crippen LogP) is 14.3. The Kier molecular flexibility index (Phi) is 22.5. The van der Waals surface area contributed by atoms with Crippen LogP contribution in [0.3, 0.4) is 0 Å². The number of esters is 1. The fourth-order valence-electron chi connectivity index (χ4n) is 13.8. The van der Waals surface area contributed by atoms with Gasteiger partial charge in [-0.3, -0.25) is 4.79 Å². The number of fused-ring (bicyclic) bond motifs is 1. The van der Waals surface area contributed by atoms with Crippen LogP contribution in [0.25, 0.3) is 0 Å². The first-order chi connectivity index (χ1) is 39.0. The molecule has 470 valence electrons. The molecule has 83 heavy (non-hydrogen) atoms. The zero-order valence-corrected chi connectivity index (χ0v) is 58.0. The molecule has 9 rings (SSSR count). The number of benzene rings is 1. The van der Waals surface area contributed by atoms with Crippen LogP contribution in [0.1, 0.15) is 163 Å². The number of methoxy groups -OCH3 is 1. The average molecular weight is 1280 g/mol. The van der Waals surface area contributed by atoms with E-state index in [4.69, 9.17) is 55.9 Å². The molecule has 0 spiro atoms. The number of carbonyl (C=O) groups excluding carboxylic acids is 2. The van der Waals surface area contributed by atoms with Crippen LogP contribution in [-0.4, -0.2) is 154 Å². The SMILES string of the molecule is C=C(Br)CC(CC[C@@]12C[C@H]3OC4[C@@H](O[C@H]5CC[C@H](CC(=O)C[C@@H]6[C@@H](OC)[C@@H](CC(CO[Si](C)(C)C(C)(C)C)O[Si](C)(C)C(C)(C)C)O[C@H]6C[C@H]6O[C@@H](CCCO[Si](CC)(CC)CC)C[C@@H](C)C6=C)O[C@@H]5[C@@H]4O1)[C@H]3O2)OC(=O)c1ccccc1. The topological polar surface area (TPSA) is 145 Å². The number of ketones is 1. The molecule has 0 aromatic heterocycles. The Morgan fingerprint density at radius 2 is 1.45 bits per heavy atom. The van der Waals surface area contributed by atoms with Gasteiger partial charge in [0.25, 0.3) is 0 Å². The van der Waals surface area contributed by atoms with Gasteiger partial charge in [0.1, 0.15) is 42.4 Å². The molecule has 0 saturated carbocycles. The summed E-state index contributed by atoms with van der Waals surface area (Å²) in [7, 11) is -4.35. The Balaban J connectivity index is 0.982. The highest BCUT2D eigenvalue weighted by Gasteiger charge is 2.69. The van der Waals surface area contributed by atoms with Crippen molar-refractivity contribution >= 4 is 52.6 Å². The van der Waals surface area contributed by atoms with Crippen LogP contribution in [0.15, 0.2) is 53.5 Å². The molecule has 18 atom stereocenters. The molecule has 8 aliphatic rings. The Labute approximate surface area is 511 Å². The maximum Gasteiger partial charge on any atom is 0.338 e. The minimum Gasteiger partial charge on any atom is -0.458 e. The van der Waals surface area contributed by atoms with Crippen LogP contribution in [0.2, 0.25) is 54.4 Å². The predicted molar refractivity (Wildman–Crippen MR) is 335 cm³/mol. The van der Waals surface area contributed by atoms with Crippen molar-refractivity contribution in [2.45, 2.75) is 304 Å². The standard InChI is InChI=1S/C65H107BrO14Si3/c1-18-83(19-2,20-3)70-32-24-27-46-33-41(4)43(6)52(72-46)38-53-50(56(69-13)54(75-53)37-49(80-82(16,17)64(10,11)12)40-71-81(14,15)63(7,8)9)36-45(67)35-47-28-29-51-57(73-47)61-60-59(76-51)58-55(77-60)39-65(78-58,79-61)31-30-48(34-42(5)66)74-62(68)44-25-22-21-23-26-44/h21-23,25-26,41,46-61H,5-6,18-20,24,27-40H2,1-4,7-17H3/t41-,46+,47-,48?,49?,50+,51+,52-,53+,54-,55-,56-,57+,58+,59+,60?,61+,65+/m1/s1. The molecule has 1 aromatic carbocycles. The number of Topliss-reactive ketones (excluding diaryl/α,β-unsaturated/α-hetero) is 1. The number of hydrogen-bond donors (Lipinski definition) is 0. The van der Waals surface area contributed by atoms with Gasteiger partial charge in [0.2, 0.25) is 0 Å². The first-order valence-electron chi connectivity index (χ1n) is 31.9. The zero-order valence-electron chi connectivity index (χ0n) is 53.4. The Morgan fingerprint density at radius 1 is 0.783 bits per heavy atom. The van der Waals surface area contributed by atoms with Gasteiger partial charge in [-0.15, -0.1) is 0 Å². The van der Waals surface area contributed by atoms with Gasteiger partial charge in [0, 0.05) is 64.6 Å². The molecule has 0 N–H and O–H groups in total. The summed E-state index contributed by atoms with van der Waals surface area (Å²) in [6.07, 6.45) is 3.17. The molecule has 0 amide bonds. The van der Waals surface area contributed by atoms with Crippen molar-refractivity contribution in [2.24, 2.45) is 11.8 Å². The highest BCUT2D eigenvalue weighted by Crippen LogP contribution is 2.54. The summed E-state index contributed by atoms with van der Waals surface area (Å²) in [6.45, 7) is 41.9. The van der Waals surface area contributed by atoms with Gasteiger partial charge in [-0.2, -0.15) is 0 Å². The molecule has 0 radical (unpaired) electrons. The third kappa shape index (κ3) is 15.9. The fraction of sp³-hybridized carbons (Fsp3) is 0.815. The summed E-state index contributed by atoms with van der Waals surface area (Å²) in [5.41, 5.74) is 1.57. The van der Waals surface area contributed by atoms with E-state index in [1.54, 1.807) is 19.2 Å². The monoisotopic (exact) mass is 1270 g/mol. The summed E-state index contributed by atoms with van der Waals surface area (Å²) in [5, 5.41) is 0.00586. The zero-order chi connectivity index (χ0) is 60.5. The van der Waals surface area contributed by atoms with Crippen LogP contribution >= 0.6 is 15.9 Å². The van der Waals surface area contributed by atoms with Crippen molar-refractivity contribution in [2.75, 3.05) is 20.3 Å². The highest BCUT2D eigenvalue weighted by molar-refractivity contribution is 9.11. The normalized spacial score (nSPS) is 34.4. The van der Waals surface area contributed by atoms with Crippen LogP contribution in [-0.2, 0) is 60.7 Å². The molecule has 8 aliphatic heterocycles. The second-order valence-electron chi connectivity index (χ2n) is 28.8. The van der Waals surface area contributed by atoms with E-state index in [1.165, 1.54) is 0 Å². The van der Waals surface area contributed by atoms with Crippen LogP contribution in [0, 0.1) is 11.8 Å². The van der Waals surface area contributed by atoms with Crippen molar-refractivity contribution in [3.63, 3.8) is 0 Å². The summed E-state index contributed by atoms with van der Waals surface area (Å²) in [4.78, 5) is 28.2. The van der Waals surface area contributed by atoms with Crippen molar-refractivity contribution in [3.8, 4) is 0 Å². The lowest BCUT2D eigenvalue weighted by Crippen LogP contribution is -2.61. The molecule has 8 fully saturated rings. The minimum absolute atomic E-state index is 0.0211. The second-order valence-corrected chi connectivity index (χ2v) is 44.2. The maximum atomic E-state index is 15.0. The van der Waals surface area contributed by atoms with Gasteiger partial charge in [0.15, 0.2) is 30.7 Å². The Hall–Kier alpha value is -1.47. The minimum atomic E-state index is -2.28. The number of halogens is 1. The number of carbonyl (C=O) groups is 2. The van der Waals surface area contributed by atoms with Gasteiger partial charge in [-0.05, 0) is 121 Å². The average Bonchev–Trinajstić information content (AvgIpc) is 1.66.